The van der Waals surface area contributed by atoms with Gasteiger partial charge in [-0.15, -0.1) is 0 Å². The Hall–Kier alpha value is -1.60. The van der Waals surface area contributed by atoms with Crippen LogP contribution in [0.5, 0.6) is 5.75 Å². The molecule has 1 amide bonds. The third-order valence-electron chi connectivity index (χ3n) is 2.26. The van der Waals surface area contributed by atoms with Gasteiger partial charge in [0.05, 0.1) is 11.4 Å². The van der Waals surface area contributed by atoms with Gasteiger partial charge in [-0.05, 0) is 12.1 Å². The fourth-order valence-electron chi connectivity index (χ4n) is 1.48. The smallest absolute Gasteiger partial charge is 0.264 e. The Morgan fingerprint density at radius 1 is 1.56 bits per heavy atom. The van der Waals surface area contributed by atoms with E-state index < -0.39 is 11.3 Å². The van der Waals surface area contributed by atoms with Crippen LogP contribution in [-0.2, 0) is 16.1 Å². The van der Waals surface area contributed by atoms with E-state index in [1.165, 1.54) is 4.90 Å². The summed E-state index contributed by atoms with van der Waals surface area (Å²) in [6.07, 6.45) is 0. The molecule has 1 aromatic rings. The molecule has 1 unspecified atom stereocenters. The second-order valence-electron chi connectivity index (χ2n) is 3.23. The first-order valence-electron chi connectivity index (χ1n) is 4.48. The molecule has 0 fully saturated rings. The van der Waals surface area contributed by atoms with Crippen molar-refractivity contribution >= 4 is 28.5 Å². The van der Waals surface area contributed by atoms with E-state index in [4.69, 9.17) is 4.74 Å². The van der Waals surface area contributed by atoms with E-state index >= 15 is 0 Å². The third-order valence-corrected chi connectivity index (χ3v) is 2.65. The SMILES string of the molecule is CN1C(=O)COc2c(NS(=O)[O-])cccc21. The van der Waals surface area contributed by atoms with Gasteiger partial charge < -0.3 is 18.9 Å². The van der Waals surface area contributed by atoms with Gasteiger partial charge >= 0.3 is 0 Å². The van der Waals surface area contributed by atoms with E-state index in [9.17, 15) is 13.6 Å². The van der Waals surface area contributed by atoms with Gasteiger partial charge in [-0.1, -0.05) is 6.07 Å². The molecule has 0 spiro atoms. The highest BCUT2D eigenvalue weighted by molar-refractivity contribution is 7.80. The Morgan fingerprint density at radius 3 is 3.00 bits per heavy atom. The lowest BCUT2D eigenvalue weighted by molar-refractivity contribution is -0.120. The topological polar surface area (TPSA) is 81.7 Å². The van der Waals surface area contributed by atoms with Crippen LogP contribution in [0.1, 0.15) is 0 Å². The summed E-state index contributed by atoms with van der Waals surface area (Å²) in [4.78, 5) is 12.8. The molecule has 1 heterocycles. The first-order chi connectivity index (χ1) is 7.59. The molecule has 1 aliphatic rings. The number of amides is 1. The standard InChI is InChI=1S/C9H10N2O4S/c1-11-7-4-2-3-6(10-16(13)14)9(7)15-5-8(11)12/h2-4,10H,5H2,1H3,(H,13,14)/p-1. The van der Waals surface area contributed by atoms with E-state index in [2.05, 4.69) is 4.72 Å². The van der Waals surface area contributed by atoms with E-state index in [-0.39, 0.29) is 12.5 Å². The van der Waals surface area contributed by atoms with Crippen molar-refractivity contribution < 1.29 is 18.3 Å². The minimum absolute atomic E-state index is 0.0896. The van der Waals surface area contributed by atoms with Crippen molar-refractivity contribution in [2.75, 3.05) is 23.3 Å². The monoisotopic (exact) mass is 241 g/mol. The lowest BCUT2D eigenvalue weighted by Crippen LogP contribution is -2.35. The van der Waals surface area contributed by atoms with Crippen LogP contribution in [0, 0.1) is 0 Å². The normalized spacial score (nSPS) is 16.4. The van der Waals surface area contributed by atoms with Crippen LogP contribution >= 0.6 is 0 Å². The van der Waals surface area contributed by atoms with Crippen LogP contribution in [0.3, 0.4) is 0 Å². The van der Waals surface area contributed by atoms with Gasteiger partial charge in [0.2, 0.25) is 0 Å². The van der Waals surface area contributed by atoms with Gasteiger partial charge in [-0.2, -0.15) is 0 Å². The molecular formula is C9H9N2O4S-. The summed E-state index contributed by atoms with van der Waals surface area (Å²) in [5, 5.41) is 0. The lowest BCUT2D eigenvalue weighted by atomic mass is 10.2. The number of carbonyl (C=O) groups excluding carboxylic acids is 1. The minimum Gasteiger partial charge on any atom is -0.755 e. The Labute approximate surface area is 94.6 Å². The number of carbonyl (C=O) groups is 1. The van der Waals surface area contributed by atoms with Gasteiger partial charge in [-0.25, -0.2) is 0 Å². The van der Waals surface area contributed by atoms with Crippen molar-refractivity contribution in [3.63, 3.8) is 0 Å². The van der Waals surface area contributed by atoms with Gasteiger partial charge in [0.15, 0.2) is 12.4 Å². The van der Waals surface area contributed by atoms with E-state index in [0.717, 1.165) is 0 Å². The van der Waals surface area contributed by atoms with E-state index in [1.54, 1.807) is 25.2 Å². The molecule has 0 bridgehead atoms. The zero-order valence-electron chi connectivity index (χ0n) is 8.43. The van der Waals surface area contributed by atoms with E-state index in [0.29, 0.717) is 17.1 Å². The molecule has 86 valence electrons. The first-order valence-corrected chi connectivity index (χ1v) is 5.55. The number of hydrogen-bond donors (Lipinski definition) is 1. The number of nitrogens with one attached hydrogen (secondary N) is 1. The second kappa shape index (κ2) is 4.11. The largest absolute Gasteiger partial charge is 0.755 e. The van der Waals surface area contributed by atoms with Crippen molar-refractivity contribution in [2.24, 2.45) is 0 Å². The zero-order valence-corrected chi connectivity index (χ0v) is 9.24. The molecule has 1 N–H and O–H groups in total. The fourth-order valence-corrected chi connectivity index (χ4v) is 1.82. The molecule has 0 saturated heterocycles. The predicted molar refractivity (Wildman–Crippen MR) is 57.9 cm³/mol. The predicted octanol–water partition coefficient (Wildman–Crippen LogP) is 0.248. The summed E-state index contributed by atoms with van der Waals surface area (Å²) in [6.45, 7) is -0.0896. The Kier molecular flexibility index (Phi) is 2.80. The van der Waals surface area contributed by atoms with Crippen LogP contribution < -0.4 is 14.4 Å². The first kappa shape index (κ1) is 10.9. The van der Waals surface area contributed by atoms with Gasteiger partial charge in [0.1, 0.15) is 0 Å². The Morgan fingerprint density at radius 2 is 2.31 bits per heavy atom. The molecule has 7 heteroatoms. The maximum atomic E-state index is 11.3. The molecule has 1 aliphatic heterocycles. The molecule has 2 rings (SSSR count). The van der Waals surface area contributed by atoms with Crippen LogP contribution in [0.25, 0.3) is 0 Å². The average molecular weight is 241 g/mol. The number of fused-ring (bicyclic) bond motifs is 1. The van der Waals surface area contributed by atoms with Crippen LogP contribution in [-0.4, -0.2) is 28.3 Å². The molecular weight excluding hydrogens is 232 g/mol. The number of anilines is 2. The summed E-state index contributed by atoms with van der Waals surface area (Å²) >= 11 is -2.42. The molecule has 1 atom stereocenters. The highest BCUT2D eigenvalue weighted by atomic mass is 32.2. The molecule has 0 aliphatic carbocycles. The molecule has 0 saturated carbocycles. The fraction of sp³-hybridized carbons (Fsp3) is 0.222. The molecule has 0 aromatic heterocycles. The molecule has 16 heavy (non-hydrogen) atoms. The summed E-state index contributed by atoms with van der Waals surface area (Å²) in [5.74, 6) is 0.196. The quantitative estimate of drug-likeness (QED) is 0.752. The van der Waals surface area contributed by atoms with Crippen molar-refractivity contribution in [2.45, 2.75) is 0 Å². The summed E-state index contributed by atoms with van der Waals surface area (Å²) < 4.78 is 28.5. The van der Waals surface area contributed by atoms with Crippen LogP contribution in [0.2, 0.25) is 0 Å². The van der Waals surface area contributed by atoms with Crippen LogP contribution in [0.15, 0.2) is 18.2 Å². The maximum Gasteiger partial charge on any atom is 0.264 e. The second-order valence-corrected chi connectivity index (χ2v) is 3.91. The Balaban J connectivity index is 2.44. The number of para-hydroxylation sites is 1. The zero-order chi connectivity index (χ0) is 11.7. The molecule has 1 aromatic carbocycles. The number of ether oxygens (including phenoxy) is 1. The summed E-state index contributed by atoms with van der Waals surface area (Å²) in [5.41, 5.74) is 0.872. The number of likely N-dealkylation sites (N-methyl/N-ethyl adjacent to an activating group) is 1. The number of rotatable bonds is 2. The Bertz CT molecular complexity index is 463. The van der Waals surface area contributed by atoms with Crippen molar-refractivity contribution in [3.8, 4) is 5.75 Å². The number of benzene rings is 1. The van der Waals surface area contributed by atoms with Crippen LogP contribution in [0.4, 0.5) is 11.4 Å². The number of nitrogens with zero attached hydrogens (tertiary/aromatic N) is 1. The maximum absolute atomic E-state index is 11.3. The van der Waals surface area contributed by atoms with Crippen molar-refractivity contribution in [1.29, 1.82) is 0 Å². The van der Waals surface area contributed by atoms with Gasteiger partial charge in [0, 0.05) is 18.3 Å². The van der Waals surface area contributed by atoms with E-state index in [1.807, 2.05) is 0 Å². The third kappa shape index (κ3) is 1.86. The van der Waals surface area contributed by atoms with Crippen molar-refractivity contribution in [3.05, 3.63) is 18.2 Å². The summed E-state index contributed by atoms with van der Waals surface area (Å²) in [6, 6.07) is 4.90. The number of hydrogen-bond acceptors (Lipinski definition) is 4. The minimum atomic E-state index is -2.42. The highest BCUT2D eigenvalue weighted by Gasteiger charge is 2.24. The summed E-state index contributed by atoms with van der Waals surface area (Å²) in [7, 11) is 1.61. The van der Waals surface area contributed by atoms with Gasteiger partial charge in [-0.3, -0.25) is 9.00 Å². The average Bonchev–Trinajstić information content (AvgIpc) is 2.23. The van der Waals surface area contributed by atoms with Gasteiger partial charge in [0.25, 0.3) is 5.91 Å². The molecule has 6 nitrogen and oxygen atoms in total. The lowest BCUT2D eigenvalue weighted by Gasteiger charge is -2.27. The van der Waals surface area contributed by atoms with Crippen molar-refractivity contribution in [1.82, 2.24) is 0 Å². The highest BCUT2D eigenvalue weighted by Crippen LogP contribution is 2.37. The molecule has 0 radical (unpaired) electrons.